The minimum absolute atomic E-state index is 0.189. The molecule has 20 heavy (non-hydrogen) atoms. The number of hydrogen-bond donors (Lipinski definition) is 0. The van der Waals surface area contributed by atoms with E-state index in [4.69, 9.17) is 16.3 Å². The molecule has 2 atom stereocenters. The Labute approximate surface area is 123 Å². The van der Waals surface area contributed by atoms with E-state index in [1.165, 1.54) is 23.1 Å². The average molecular weight is 289 g/mol. The third-order valence-electron chi connectivity index (χ3n) is 5.30. The van der Waals surface area contributed by atoms with E-state index >= 15 is 0 Å². The highest BCUT2D eigenvalue weighted by atomic mass is 35.5. The fraction of sp³-hybridized carbons (Fsp3) is 0.471. The van der Waals surface area contributed by atoms with Gasteiger partial charge in [0.2, 0.25) is 0 Å². The van der Waals surface area contributed by atoms with E-state index in [-0.39, 0.29) is 11.3 Å². The molecule has 0 aliphatic heterocycles. The zero-order valence-electron chi connectivity index (χ0n) is 11.5. The van der Waals surface area contributed by atoms with Crippen molar-refractivity contribution in [1.29, 1.82) is 0 Å². The smallest absolute Gasteiger partial charge is 0.159 e. The number of methoxy groups -OCH3 is 1. The van der Waals surface area contributed by atoms with Crippen LogP contribution in [0.25, 0.3) is 5.57 Å². The van der Waals surface area contributed by atoms with Gasteiger partial charge in [0.15, 0.2) is 5.78 Å². The number of carbonyl (C=O) groups is 1. The molecule has 3 heteroatoms. The fourth-order valence-corrected chi connectivity index (χ4v) is 4.64. The topological polar surface area (TPSA) is 26.3 Å². The predicted octanol–water partition coefficient (Wildman–Crippen LogP) is 4.05. The van der Waals surface area contributed by atoms with Gasteiger partial charge in [0, 0.05) is 11.3 Å². The first kappa shape index (κ1) is 12.5. The summed E-state index contributed by atoms with van der Waals surface area (Å²) >= 11 is 6.27. The van der Waals surface area contributed by atoms with Crippen LogP contribution in [0.15, 0.2) is 18.2 Å². The lowest BCUT2D eigenvalue weighted by Gasteiger charge is -2.41. The van der Waals surface area contributed by atoms with Crippen molar-refractivity contribution in [3.63, 3.8) is 0 Å². The largest absolute Gasteiger partial charge is 0.495 e. The fourth-order valence-electron chi connectivity index (χ4n) is 4.40. The second-order valence-electron chi connectivity index (χ2n) is 6.35. The van der Waals surface area contributed by atoms with Crippen molar-refractivity contribution >= 4 is 23.0 Å². The summed E-state index contributed by atoms with van der Waals surface area (Å²) in [4.78, 5) is 12.2. The Bertz CT molecular complexity index is 647. The first-order valence-electron chi connectivity index (χ1n) is 7.26. The first-order chi connectivity index (χ1) is 9.63. The van der Waals surface area contributed by atoms with E-state index in [2.05, 4.69) is 6.07 Å². The summed E-state index contributed by atoms with van der Waals surface area (Å²) in [5.74, 6) is 1.30. The van der Waals surface area contributed by atoms with Crippen LogP contribution in [0, 0.1) is 11.3 Å². The molecule has 1 aromatic carbocycles. The van der Waals surface area contributed by atoms with Gasteiger partial charge < -0.3 is 4.74 Å². The Balaban J connectivity index is 1.90. The maximum Gasteiger partial charge on any atom is 0.159 e. The third kappa shape index (κ3) is 1.54. The Morgan fingerprint density at radius 2 is 2.25 bits per heavy atom. The number of allylic oxidation sites excluding steroid dienone is 2. The summed E-state index contributed by atoms with van der Waals surface area (Å²) in [6.45, 7) is 0. The molecule has 1 spiro atoms. The third-order valence-corrected chi connectivity index (χ3v) is 5.60. The van der Waals surface area contributed by atoms with Gasteiger partial charge >= 0.3 is 0 Å². The van der Waals surface area contributed by atoms with E-state index in [0.717, 1.165) is 31.4 Å². The molecule has 1 fully saturated rings. The molecule has 0 aromatic heterocycles. The lowest BCUT2D eigenvalue weighted by molar-refractivity contribution is -0.120. The molecule has 1 aromatic rings. The van der Waals surface area contributed by atoms with Crippen LogP contribution in [0.3, 0.4) is 0 Å². The molecule has 0 N–H and O–H groups in total. The summed E-state index contributed by atoms with van der Waals surface area (Å²) in [6, 6.07) is 4.04. The highest BCUT2D eigenvalue weighted by Gasteiger charge is 2.49. The number of hydrogen-bond acceptors (Lipinski definition) is 2. The van der Waals surface area contributed by atoms with Crippen LogP contribution >= 0.6 is 11.6 Å². The molecule has 4 rings (SSSR count). The van der Waals surface area contributed by atoms with Gasteiger partial charge in [-0.15, -0.1) is 0 Å². The van der Waals surface area contributed by atoms with E-state index in [9.17, 15) is 4.79 Å². The van der Waals surface area contributed by atoms with Crippen molar-refractivity contribution in [3.05, 3.63) is 34.4 Å². The van der Waals surface area contributed by atoms with Crippen LogP contribution in [0.2, 0.25) is 5.02 Å². The van der Waals surface area contributed by atoms with Crippen molar-refractivity contribution in [3.8, 4) is 5.75 Å². The number of fused-ring (bicyclic) bond motifs is 3. The monoisotopic (exact) mass is 288 g/mol. The second kappa shape index (κ2) is 4.11. The highest BCUT2D eigenvalue weighted by molar-refractivity contribution is 6.32. The maximum atomic E-state index is 12.2. The van der Waals surface area contributed by atoms with Gasteiger partial charge in [0.1, 0.15) is 5.75 Å². The highest BCUT2D eigenvalue weighted by Crippen LogP contribution is 2.59. The van der Waals surface area contributed by atoms with Crippen LogP contribution in [0.1, 0.15) is 36.8 Å². The Morgan fingerprint density at radius 1 is 1.40 bits per heavy atom. The van der Waals surface area contributed by atoms with E-state index in [1.54, 1.807) is 7.11 Å². The standard InChI is InChI=1S/C17H17ClO2/c1-20-16-5-11-9-17-4-2-3-10(8-17)15(19)7-13(17)12(11)6-14(16)18/h5-7,10H,2-4,8-9H2,1H3/t10-,17+/m0/s1. The Morgan fingerprint density at radius 3 is 3.05 bits per heavy atom. The summed E-state index contributed by atoms with van der Waals surface area (Å²) in [6.07, 6.45) is 7.37. The molecule has 1 saturated carbocycles. The van der Waals surface area contributed by atoms with E-state index in [0.29, 0.717) is 10.8 Å². The zero-order valence-corrected chi connectivity index (χ0v) is 12.3. The Kier molecular flexibility index (Phi) is 2.56. The summed E-state index contributed by atoms with van der Waals surface area (Å²) in [5, 5.41) is 0.634. The summed E-state index contributed by atoms with van der Waals surface area (Å²) in [7, 11) is 1.65. The zero-order chi connectivity index (χ0) is 13.9. The van der Waals surface area contributed by atoms with Crippen molar-refractivity contribution < 1.29 is 9.53 Å². The van der Waals surface area contributed by atoms with Gasteiger partial charge in [-0.2, -0.15) is 0 Å². The van der Waals surface area contributed by atoms with Crippen molar-refractivity contribution in [2.24, 2.45) is 11.3 Å². The van der Waals surface area contributed by atoms with Crippen molar-refractivity contribution in [2.45, 2.75) is 32.1 Å². The van der Waals surface area contributed by atoms with E-state index in [1.807, 2.05) is 12.1 Å². The number of carbonyl (C=O) groups excluding carboxylic acids is 1. The minimum Gasteiger partial charge on any atom is -0.495 e. The molecular formula is C17H17ClO2. The van der Waals surface area contributed by atoms with Gasteiger partial charge in [0.05, 0.1) is 12.1 Å². The quantitative estimate of drug-likeness (QED) is 0.779. The maximum absolute atomic E-state index is 12.2. The van der Waals surface area contributed by atoms with Crippen molar-refractivity contribution in [2.75, 3.05) is 7.11 Å². The van der Waals surface area contributed by atoms with Crippen LogP contribution in [-0.2, 0) is 11.2 Å². The second-order valence-corrected chi connectivity index (χ2v) is 6.76. The molecule has 0 amide bonds. The molecule has 0 heterocycles. The Hall–Kier alpha value is -1.28. The van der Waals surface area contributed by atoms with Gasteiger partial charge in [-0.05, 0) is 60.6 Å². The molecule has 104 valence electrons. The molecule has 2 bridgehead atoms. The lowest BCUT2D eigenvalue weighted by Crippen LogP contribution is -2.35. The molecule has 3 aliphatic carbocycles. The number of halogens is 1. The summed E-state index contributed by atoms with van der Waals surface area (Å²) < 4.78 is 5.33. The number of rotatable bonds is 1. The van der Waals surface area contributed by atoms with Crippen LogP contribution in [-0.4, -0.2) is 12.9 Å². The SMILES string of the molecule is COc1cc2c(cc1Cl)C1=CC(=O)[C@H]3CCC[C@]1(C2)C3. The van der Waals surface area contributed by atoms with Gasteiger partial charge in [-0.1, -0.05) is 18.0 Å². The van der Waals surface area contributed by atoms with Crippen LogP contribution < -0.4 is 4.74 Å². The summed E-state index contributed by atoms with van der Waals surface area (Å²) in [5.41, 5.74) is 3.88. The normalized spacial score (nSPS) is 30.6. The van der Waals surface area contributed by atoms with Crippen molar-refractivity contribution in [1.82, 2.24) is 0 Å². The molecule has 0 radical (unpaired) electrons. The number of ether oxygens (including phenoxy) is 1. The molecule has 0 unspecified atom stereocenters. The first-order valence-corrected chi connectivity index (χ1v) is 7.63. The molecule has 3 aliphatic rings. The van der Waals surface area contributed by atoms with Gasteiger partial charge in [-0.3, -0.25) is 4.79 Å². The lowest BCUT2D eigenvalue weighted by atomic mass is 9.61. The predicted molar refractivity (Wildman–Crippen MR) is 79.1 cm³/mol. The molecule has 2 nitrogen and oxygen atoms in total. The number of ketones is 1. The van der Waals surface area contributed by atoms with Gasteiger partial charge in [-0.25, -0.2) is 0 Å². The minimum atomic E-state index is 0.189. The van der Waals surface area contributed by atoms with Crippen LogP contribution in [0.5, 0.6) is 5.75 Å². The molecular weight excluding hydrogens is 272 g/mol. The van der Waals surface area contributed by atoms with E-state index < -0.39 is 0 Å². The molecule has 0 saturated heterocycles. The van der Waals surface area contributed by atoms with Gasteiger partial charge in [0.25, 0.3) is 0 Å². The average Bonchev–Trinajstić information content (AvgIpc) is 2.71. The number of benzene rings is 1. The van der Waals surface area contributed by atoms with Crippen LogP contribution in [0.4, 0.5) is 0 Å².